The molecule has 1 N–H and O–H groups in total. The summed E-state index contributed by atoms with van der Waals surface area (Å²) in [6.45, 7) is 2.50. The predicted octanol–water partition coefficient (Wildman–Crippen LogP) is 1.76. The Labute approximate surface area is 165 Å². The van der Waals surface area contributed by atoms with Gasteiger partial charge in [-0.3, -0.25) is 19.7 Å². The Hall–Kier alpha value is -3.20. The van der Waals surface area contributed by atoms with Gasteiger partial charge in [-0.05, 0) is 30.0 Å². The lowest BCUT2D eigenvalue weighted by molar-refractivity contribution is -0.115. The Kier molecular flexibility index (Phi) is 5.07. The predicted molar refractivity (Wildman–Crippen MR) is 106 cm³/mol. The highest BCUT2D eigenvalue weighted by Crippen LogP contribution is 2.25. The molecule has 8 nitrogen and oxygen atoms in total. The SMILES string of the molecule is O=C1NC(=O)/C(=C/c2nccc(N3CCN(C(=O)c4ccccc4)CC3)n2)S1. The van der Waals surface area contributed by atoms with Crippen LogP contribution in [0.1, 0.15) is 16.2 Å². The molecule has 4 rings (SSSR count). The van der Waals surface area contributed by atoms with Gasteiger partial charge in [0.2, 0.25) is 0 Å². The molecule has 1 aromatic carbocycles. The van der Waals surface area contributed by atoms with Crippen LogP contribution >= 0.6 is 11.8 Å². The van der Waals surface area contributed by atoms with Gasteiger partial charge < -0.3 is 9.80 Å². The first-order valence-electron chi connectivity index (χ1n) is 8.77. The number of hydrogen-bond acceptors (Lipinski definition) is 7. The first-order chi connectivity index (χ1) is 13.6. The first-order valence-corrected chi connectivity index (χ1v) is 9.59. The van der Waals surface area contributed by atoms with E-state index in [1.165, 1.54) is 6.08 Å². The molecule has 2 aliphatic rings. The maximum atomic E-state index is 12.6. The second kappa shape index (κ2) is 7.81. The van der Waals surface area contributed by atoms with Crippen molar-refractivity contribution in [1.82, 2.24) is 20.2 Å². The second-order valence-corrected chi connectivity index (χ2v) is 7.29. The smallest absolute Gasteiger partial charge is 0.290 e. The van der Waals surface area contributed by atoms with E-state index in [0.717, 1.165) is 17.6 Å². The molecule has 9 heteroatoms. The van der Waals surface area contributed by atoms with Crippen LogP contribution in [-0.4, -0.2) is 58.1 Å². The van der Waals surface area contributed by atoms with E-state index in [2.05, 4.69) is 20.2 Å². The molecule has 2 aliphatic heterocycles. The number of aromatic nitrogens is 2. The summed E-state index contributed by atoms with van der Waals surface area (Å²) in [6, 6.07) is 11.0. The number of thioether (sulfide) groups is 1. The topological polar surface area (TPSA) is 95.5 Å². The minimum atomic E-state index is -0.433. The van der Waals surface area contributed by atoms with Crippen LogP contribution in [0.2, 0.25) is 0 Å². The molecule has 0 aliphatic carbocycles. The molecule has 1 aromatic heterocycles. The van der Waals surface area contributed by atoms with E-state index in [-0.39, 0.29) is 10.8 Å². The van der Waals surface area contributed by atoms with E-state index < -0.39 is 11.1 Å². The summed E-state index contributed by atoms with van der Waals surface area (Å²) in [4.78, 5) is 48.3. The summed E-state index contributed by atoms with van der Waals surface area (Å²) in [5.41, 5.74) is 0.689. The summed E-state index contributed by atoms with van der Waals surface area (Å²) in [5, 5.41) is 1.81. The fourth-order valence-electron chi connectivity index (χ4n) is 3.05. The number of rotatable bonds is 3. The lowest BCUT2D eigenvalue weighted by Crippen LogP contribution is -2.49. The van der Waals surface area contributed by atoms with Crippen molar-refractivity contribution >= 4 is 40.7 Å². The number of carbonyl (C=O) groups excluding carboxylic acids is 3. The Morgan fingerprint density at radius 2 is 1.82 bits per heavy atom. The third kappa shape index (κ3) is 3.89. The number of nitrogens with one attached hydrogen (secondary N) is 1. The fourth-order valence-corrected chi connectivity index (χ4v) is 3.70. The van der Waals surface area contributed by atoms with Gasteiger partial charge in [-0.1, -0.05) is 18.2 Å². The van der Waals surface area contributed by atoms with Crippen molar-refractivity contribution in [3.8, 4) is 0 Å². The standard InChI is InChI=1S/C19H17N5O3S/c25-17-14(28-19(27)22-17)12-15-20-7-6-16(21-15)23-8-10-24(11-9-23)18(26)13-4-2-1-3-5-13/h1-7,12H,8-11H2,(H,22,25,27)/b14-12-. The molecule has 0 saturated carbocycles. The third-order valence-electron chi connectivity index (χ3n) is 4.47. The molecule has 0 atom stereocenters. The molecule has 2 aromatic rings. The van der Waals surface area contributed by atoms with Crippen LogP contribution in [0.3, 0.4) is 0 Å². The molecule has 3 heterocycles. The van der Waals surface area contributed by atoms with Gasteiger partial charge in [-0.25, -0.2) is 9.97 Å². The van der Waals surface area contributed by atoms with Crippen molar-refractivity contribution in [1.29, 1.82) is 0 Å². The number of piperazine rings is 1. The summed E-state index contributed by atoms with van der Waals surface area (Å²) in [7, 11) is 0. The molecule has 0 bridgehead atoms. The quantitative estimate of drug-likeness (QED) is 0.791. The number of carbonyl (C=O) groups is 3. The van der Waals surface area contributed by atoms with Gasteiger partial charge in [0.25, 0.3) is 17.1 Å². The lowest BCUT2D eigenvalue weighted by atomic mass is 10.2. The number of nitrogens with zero attached hydrogens (tertiary/aromatic N) is 4. The Balaban J connectivity index is 1.43. The third-order valence-corrected chi connectivity index (χ3v) is 5.28. The van der Waals surface area contributed by atoms with Crippen LogP contribution in [-0.2, 0) is 4.79 Å². The van der Waals surface area contributed by atoms with Gasteiger partial charge in [0, 0.05) is 44.0 Å². The molecule has 2 saturated heterocycles. The van der Waals surface area contributed by atoms with Crippen LogP contribution in [0, 0.1) is 0 Å². The normalized spacial score (nSPS) is 18.5. The Morgan fingerprint density at radius 1 is 1.07 bits per heavy atom. The molecular weight excluding hydrogens is 378 g/mol. The van der Waals surface area contributed by atoms with E-state index >= 15 is 0 Å². The number of benzene rings is 1. The molecule has 142 valence electrons. The molecule has 28 heavy (non-hydrogen) atoms. The molecule has 0 unspecified atom stereocenters. The highest BCUT2D eigenvalue weighted by molar-refractivity contribution is 8.18. The minimum Gasteiger partial charge on any atom is -0.353 e. The summed E-state index contributed by atoms with van der Waals surface area (Å²) >= 11 is 0.835. The average molecular weight is 395 g/mol. The van der Waals surface area contributed by atoms with E-state index in [9.17, 15) is 14.4 Å². The Morgan fingerprint density at radius 3 is 2.50 bits per heavy atom. The van der Waals surface area contributed by atoms with E-state index in [1.54, 1.807) is 12.3 Å². The van der Waals surface area contributed by atoms with Gasteiger partial charge in [0.05, 0.1) is 4.91 Å². The lowest BCUT2D eigenvalue weighted by Gasteiger charge is -2.35. The van der Waals surface area contributed by atoms with Crippen LogP contribution < -0.4 is 10.2 Å². The highest BCUT2D eigenvalue weighted by atomic mass is 32.2. The summed E-state index contributed by atoms with van der Waals surface area (Å²) in [5.74, 6) is 0.690. The number of hydrogen-bond donors (Lipinski definition) is 1. The molecule has 0 spiro atoms. The maximum Gasteiger partial charge on any atom is 0.290 e. The summed E-state index contributed by atoms with van der Waals surface area (Å²) in [6.07, 6.45) is 3.12. The van der Waals surface area contributed by atoms with Gasteiger partial charge in [-0.15, -0.1) is 0 Å². The van der Waals surface area contributed by atoms with Crippen molar-refractivity contribution in [2.75, 3.05) is 31.1 Å². The largest absolute Gasteiger partial charge is 0.353 e. The maximum absolute atomic E-state index is 12.6. The molecule has 0 radical (unpaired) electrons. The van der Waals surface area contributed by atoms with Crippen molar-refractivity contribution in [3.05, 3.63) is 58.9 Å². The van der Waals surface area contributed by atoms with E-state index in [4.69, 9.17) is 0 Å². The van der Waals surface area contributed by atoms with Crippen molar-refractivity contribution in [3.63, 3.8) is 0 Å². The van der Waals surface area contributed by atoms with Crippen molar-refractivity contribution in [2.45, 2.75) is 0 Å². The molecule has 2 fully saturated rings. The van der Waals surface area contributed by atoms with Crippen LogP contribution in [0.25, 0.3) is 6.08 Å². The molecule has 3 amide bonds. The molecular formula is C19H17N5O3S. The first kappa shape index (κ1) is 18.2. The fraction of sp³-hybridized carbons (Fsp3) is 0.211. The second-order valence-electron chi connectivity index (χ2n) is 6.27. The zero-order valence-corrected chi connectivity index (χ0v) is 15.7. The van der Waals surface area contributed by atoms with E-state index in [1.807, 2.05) is 35.2 Å². The van der Waals surface area contributed by atoms with Gasteiger partial charge >= 0.3 is 0 Å². The zero-order chi connectivity index (χ0) is 19.5. The van der Waals surface area contributed by atoms with Crippen molar-refractivity contribution in [2.24, 2.45) is 0 Å². The van der Waals surface area contributed by atoms with E-state index in [0.29, 0.717) is 37.6 Å². The van der Waals surface area contributed by atoms with Crippen LogP contribution in [0.5, 0.6) is 0 Å². The average Bonchev–Trinajstić information content (AvgIpc) is 3.05. The highest BCUT2D eigenvalue weighted by Gasteiger charge is 2.26. The number of imide groups is 1. The Bertz CT molecular complexity index is 955. The van der Waals surface area contributed by atoms with Gasteiger partial charge in [0.15, 0.2) is 5.82 Å². The number of amides is 3. The zero-order valence-electron chi connectivity index (χ0n) is 14.9. The summed E-state index contributed by atoms with van der Waals surface area (Å²) < 4.78 is 0. The number of anilines is 1. The monoisotopic (exact) mass is 395 g/mol. The van der Waals surface area contributed by atoms with Crippen LogP contribution in [0.15, 0.2) is 47.5 Å². The van der Waals surface area contributed by atoms with Crippen molar-refractivity contribution < 1.29 is 14.4 Å². The minimum absolute atomic E-state index is 0.0299. The van der Waals surface area contributed by atoms with Crippen LogP contribution in [0.4, 0.5) is 10.6 Å². The van der Waals surface area contributed by atoms with Gasteiger partial charge in [-0.2, -0.15) is 0 Å². The van der Waals surface area contributed by atoms with Gasteiger partial charge in [0.1, 0.15) is 5.82 Å².